The van der Waals surface area contributed by atoms with Gasteiger partial charge in [0, 0.05) is 12.1 Å². The second-order valence-electron chi connectivity index (χ2n) is 4.42. The van der Waals surface area contributed by atoms with Gasteiger partial charge in [0.25, 0.3) is 0 Å². The predicted octanol–water partition coefficient (Wildman–Crippen LogP) is 5.06. The molecule has 0 fully saturated rings. The number of aromatic nitrogens is 2. The molecule has 116 valence electrons. The molecule has 0 radical (unpaired) electrons. The van der Waals surface area contributed by atoms with Crippen molar-refractivity contribution >= 4 is 24.0 Å². The summed E-state index contributed by atoms with van der Waals surface area (Å²) in [6, 6.07) is 5.27. The Morgan fingerprint density at radius 2 is 1.95 bits per heavy atom. The number of nitrogens with zero attached hydrogens (tertiary/aromatic N) is 2. The van der Waals surface area contributed by atoms with Crippen molar-refractivity contribution in [1.82, 2.24) is 9.55 Å². The number of aryl methyl sites for hydroxylation is 1. The van der Waals surface area contributed by atoms with Crippen LogP contribution in [-0.4, -0.2) is 9.55 Å². The largest absolute Gasteiger partial charge is 0.416 e. The van der Waals surface area contributed by atoms with E-state index in [4.69, 9.17) is 11.6 Å². The number of rotatable bonds is 3. The standard InChI is InChI=1S/C14H14ClF3N2.ClH/c1-3-20-12(8-15)19-9(2)13(20)10-5-4-6-11(7-10)14(16,17)18;/h4-7H,3,8H2,1-2H3;1H. The first kappa shape index (κ1) is 17.9. The lowest BCUT2D eigenvalue weighted by atomic mass is 10.1. The lowest BCUT2D eigenvalue weighted by molar-refractivity contribution is -0.137. The Balaban J connectivity index is 0.00000220. The first-order valence-electron chi connectivity index (χ1n) is 6.18. The lowest BCUT2D eigenvalue weighted by Gasteiger charge is -2.12. The molecule has 2 aromatic rings. The Morgan fingerprint density at radius 1 is 1.29 bits per heavy atom. The van der Waals surface area contributed by atoms with Gasteiger partial charge in [-0.15, -0.1) is 24.0 Å². The van der Waals surface area contributed by atoms with Crippen molar-refractivity contribution in [2.45, 2.75) is 32.4 Å². The molecule has 1 aromatic carbocycles. The Kier molecular flexibility index (Phi) is 5.70. The molecule has 0 unspecified atom stereocenters. The van der Waals surface area contributed by atoms with Gasteiger partial charge in [-0.2, -0.15) is 13.2 Å². The van der Waals surface area contributed by atoms with E-state index >= 15 is 0 Å². The van der Waals surface area contributed by atoms with Crippen LogP contribution in [0.1, 0.15) is 24.0 Å². The van der Waals surface area contributed by atoms with E-state index in [-0.39, 0.29) is 18.3 Å². The van der Waals surface area contributed by atoms with Gasteiger partial charge < -0.3 is 4.57 Å². The summed E-state index contributed by atoms with van der Waals surface area (Å²) in [7, 11) is 0. The molecule has 2 nitrogen and oxygen atoms in total. The maximum absolute atomic E-state index is 12.8. The van der Waals surface area contributed by atoms with Gasteiger partial charge in [-0.3, -0.25) is 0 Å². The van der Waals surface area contributed by atoms with Crippen LogP contribution in [0.5, 0.6) is 0 Å². The molecule has 0 spiro atoms. The van der Waals surface area contributed by atoms with E-state index in [0.717, 1.165) is 12.1 Å². The highest BCUT2D eigenvalue weighted by Gasteiger charge is 2.30. The molecule has 0 saturated heterocycles. The van der Waals surface area contributed by atoms with E-state index in [0.29, 0.717) is 29.3 Å². The molecule has 0 bridgehead atoms. The Morgan fingerprint density at radius 3 is 2.48 bits per heavy atom. The molecule has 1 aromatic heterocycles. The summed E-state index contributed by atoms with van der Waals surface area (Å²) in [6.07, 6.45) is -4.35. The second kappa shape index (κ2) is 6.71. The average Bonchev–Trinajstić information content (AvgIpc) is 2.73. The van der Waals surface area contributed by atoms with Crippen molar-refractivity contribution in [1.29, 1.82) is 0 Å². The van der Waals surface area contributed by atoms with Gasteiger partial charge in [0.2, 0.25) is 0 Å². The number of halogens is 5. The normalized spacial score (nSPS) is 11.3. The molecular weight excluding hydrogens is 324 g/mol. The number of imidazole rings is 1. The van der Waals surface area contributed by atoms with E-state index in [1.54, 1.807) is 13.0 Å². The summed E-state index contributed by atoms with van der Waals surface area (Å²) >= 11 is 5.82. The summed E-state index contributed by atoms with van der Waals surface area (Å²) in [6.45, 7) is 4.29. The zero-order chi connectivity index (χ0) is 14.9. The van der Waals surface area contributed by atoms with Crippen LogP contribution in [-0.2, 0) is 18.6 Å². The monoisotopic (exact) mass is 338 g/mol. The lowest BCUT2D eigenvalue weighted by Crippen LogP contribution is -2.06. The first-order valence-corrected chi connectivity index (χ1v) is 6.71. The van der Waals surface area contributed by atoms with Gasteiger partial charge in [-0.1, -0.05) is 12.1 Å². The van der Waals surface area contributed by atoms with Crippen LogP contribution >= 0.6 is 24.0 Å². The van der Waals surface area contributed by atoms with Crippen LogP contribution in [0.2, 0.25) is 0 Å². The molecular formula is C14H15Cl2F3N2. The molecule has 0 amide bonds. The third kappa shape index (κ3) is 3.52. The predicted molar refractivity (Wildman–Crippen MR) is 79.9 cm³/mol. The Bertz CT molecular complexity index is 621. The number of hydrogen-bond acceptors (Lipinski definition) is 1. The molecule has 0 N–H and O–H groups in total. The van der Waals surface area contributed by atoms with Gasteiger partial charge in [-0.25, -0.2) is 4.98 Å². The third-order valence-electron chi connectivity index (χ3n) is 3.12. The molecule has 7 heteroatoms. The van der Waals surface area contributed by atoms with Crippen LogP contribution in [0.3, 0.4) is 0 Å². The Hall–Kier alpha value is -1.20. The second-order valence-corrected chi connectivity index (χ2v) is 4.69. The molecule has 2 rings (SSSR count). The molecule has 0 aliphatic rings. The van der Waals surface area contributed by atoms with E-state index in [1.807, 2.05) is 11.5 Å². The van der Waals surface area contributed by atoms with Gasteiger partial charge in [0.15, 0.2) is 0 Å². The van der Waals surface area contributed by atoms with Crippen molar-refractivity contribution in [2.75, 3.05) is 0 Å². The van der Waals surface area contributed by atoms with Gasteiger partial charge in [0.1, 0.15) is 5.82 Å². The Labute approximate surface area is 132 Å². The van der Waals surface area contributed by atoms with Crippen LogP contribution in [0.15, 0.2) is 24.3 Å². The maximum atomic E-state index is 12.8. The molecule has 0 aliphatic carbocycles. The van der Waals surface area contributed by atoms with Crippen LogP contribution in [0.25, 0.3) is 11.3 Å². The topological polar surface area (TPSA) is 17.8 Å². The first-order chi connectivity index (χ1) is 9.38. The quantitative estimate of drug-likeness (QED) is 0.715. The smallest absolute Gasteiger partial charge is 0.327 e. The number of benzene rings is 1. The molecule has 0 saturated carbocycles. The fraction of sp³-hybridized carbons (Fsp3) is 0.357. The highest BCUT2D eigenvalue weighted by atomic mass is 35.5. The van der Waals surface area contributed by atoms with Crippen LogP contribution in [0, 0.1) is 6.92 Å². The van der Waals surface area contributed by atoms with Gasteiger partial charge in [0.05, 0.1) is 22.8 Å². The fourth-order valence-corrected chi connectivity index (χ4v) is 2.49. The van der Waals surface area contributed by atoms with Crippen molar-refractivity contribution in [2.24, 2.45) is 0 Å². The highest BCUT2D eigenvalue weighted by Crippen LogP contribution is 2.33. The van der Waals surface area contributed by atoms with E-state index < -0.39 is 11.7 Å². The molecule has 1 heterocycles. The van der Waals surface area contributed by atoms with E-state index in [9.17, 15) is 13.2 Å². The van der Waals surface area contributed by atoms with Crippen molar-refractivity contribution < 1.29 is 13.2 Å². The summed E-state index contributed by atoms with van der Waals surface area (Å²) < 4.78 is 40.2. The minimum Gasteiger partial charge on any atom is -0.327 e. The van der Waals surface area contributed by atoms with Crippen LogP contribution < -0.4 is 0 Å². The van der Waals surface area contributed by atoms with Gasteiger partial charge >= 0.3 is 6.18 Å². The summed E-state index contributed by atoms with van der Waals surface area (Å²) in [5.41, 5.74) is 1.21. The van der Waals surface area contributed by atoms with Crippen molar-refractivity contribution in [3.63, 3.8) is 0 Å². The SMILES string of the molecule is CCn1c(CCl)nc(C)c1-c1cccc(C(F)(F)F)c1.Cl. The van der Waals surface area contributed by atoms with Crippen molar-refractivity contribution in [3.05, 3.63) is 41.3 Å². The summed E-state index contributed by atoms with van der Waals surface area (Å²) in [5, 5.41) is 0. The molecule has 0 atom stereocenters. The summed E-state index contributed by atoms with van der Waals surface area (Å²) in [4.78, 5) is 4.32. The minimum atomic E-state index is -4.35. The molecule has 0 aliphatic heterocycles. The minimum absolute atomic E-state index is 0. The zero-order valence-corrected chi connectivity index (χ0v) is 13.1. The fourth-order valence-electron chi connectivity index (χ4n) is 2.28. The van der Waals surface area contributed by atoms with E-state index in [1.165, 1.54) is 6.07 Å². The zero-order valence-electron chi connectivity index (χ0n) is 11.5. The number of hydrogen-bond donors (Lipinski definition) is 0. The molecule has 21 heavy (non-hydrogen) atoms. The highest BCUT2D eigenvalue weighted by molar-refractivity contribution is 6.16. The maximum Gasteiger partial charge on any atom is 0.416 e. The third-order valence-corrected chi connectivity index (χ3v) is 3.36. The average molecular weight is 339 g/mol. The van der Waals surface area contributed by atoms with Crippen LogP contribution in [0.4, 0.5) is 13.2 Å². The van der Waals surface area contributed by atoms with Crippen molar-refractivity contribution in [3.8, 4) is 11.3 Å². The summed E-state index contributed by atoms with van der Waals surface area (Å²) in [5.74, 6) is 0.896. The van der Waals surface area contributed by atoms with Gasteiger partial charge in [-0.05, 0) is 26.0 Å². The van der Waals surface area contributed by atoms with E-state index in [2.05, 4.69) is 4.98 Å². The number of alkyl halides is 4.